The molecule has 0 radical (unpaired) electrons. The molecule has 2 N–H and O–H groups in total. The van der Waals surface area contributed by atoms with Crippen molar-refractivity contribution in [2.24, 2.45) is 0 Å². The number of anilines is 1. The Balaban J connectivity index is 1.83. The van der Waals surface area contributed by atoms with Gasteiger partial charge in [-0.15, -0.1) is 0 Å². The van der Waals surface area contributed by atoms with Gasteiger partial charge in [0.05, 0.1) is 12.8 Å². The lowest BCUT2D eigenvalue weighted by Gasteiger charge is -2.10. The highest BCUT2D eigenvalue weighted by Crippen LogP contribution is 2.10. The van der Waals surface area contributed by atoms with E-state index < -0.39 is 5.97 Å². The third-order valence-electron chi connectivity index (χ3n) is 2.56. The number of carbonyl (C=O) groups excluding carboxylic acids is 1. The Bertz CT molecular complexity index is 579. The Kier molecular flexibility index (Phi) is 4.73. The van der Waals surface area contributed by atoms with Crippen molar-refractivity contribution in [2.45, 2.75) is 13.0 Å². The van der Waals surface area contributed by atoms with Crippen molar-refractivity contribution in [3.05, 3.63) is 54.0 Å². The van der Waals surface area contributed by atoms with Crippen LogP contribution in [0, 0.1) is 0 Å². The molecule has 0 aliphatic heterocycles. The van der Waals surface area contributed by atoms with Gasteiger partial charge < -0.3 is 25.0 Å². The van der Waals surface area contributed by atoms with Crippen LogP contribution in [0.5, 0.6) is 0 Å². The van der Waals surface area contributed by atoms with Gasteiger partial charge in [-0.2, -0.15) is 0 Å². The van der Waals surface area contributed by atoms with Crippen molar-refractivity contribution in [1.82, 2.24) is 5.32 Å². The molecule has 0 aliphatic rings. The van der Waals surface area contributed by atoms with Gasteiger partial charge in [0, 0.05) is 18.1 Å². The fraction of sp³-hybridized carbons (Fsp3) is 0.143. The second-order valence-electron chi connectivity index (χ2n) is 4.13. The summed E-state index contributed by atoms with van der Waals surface area (Å²) < 4.78 is 5.18. The van der Waals surface area contributed by atoms with Crippen LogP contribution in [0.2, 0.25) is 0 Å². The van der Waals surface area contributed by atoms with E-state index in [1.165, 1.54) is 0 Å². The second kappa shape index (κ2) is 6.72. The summed E-state index contributed by atoms with van der Waals surface area (Å²) in [5.41, 5.74) is 1.47. The summed E-state index contributed by atoms with van der Waals surface area (Å²) in [4.78, 5) is 10.5. The SMILES string of the molecule is O=C([O-])Cc1ccc(NC(=S)NCc2ccco2)cc1. The normalized spacial score (nSPS) is 10.0. The number of rotatable bonds is 5. The lowest BCUT2D eigenvalue weighted by atomic mass is 10.1. The molecule has 0 amide bonds. The van der Waals surface area contributed by atoms with Crippen LogP contribution in [0.3, 0.4) is 0 Å². The fourth-order valence-electron chi connectivity index (χ4n) is 1.63. The first-order chi connectivity index (χ1) is 9.63. The van der Waals surface area contributed by atoms with Crippen LogP contribution in [0.4, 0.5) is 5.69 Å². The first-order valence-corrected chi connectivity index (χ1v) is 6.40. The van der Waals surface area contributed by atoms with Crippen LogP contribution in [0.25, 0.3) is 0 Å². The van der Waals surface area contributed by atoms with Crippen molar-refractivity contribution < 1.29 is 14.3 Å². The number of nitrogens with one attached hydrogen (secondary N) is 2. The highest BCUT2D eigenvalue weighted by molar-refractivity contribution is 7.80. The molecule has 6 heteroatoms. The quantitative estimate of drug-likeness (QED) is 0.801. The number of hydrogen-bond acceptors (Lipinski definition) is 4. The van der Waals surface area contributed by atoms with Crippen LogP contribution in [0.1, 0.15) is 11.3 Å². The Morgan fingerprint density at radius 2 is 2.00 bits per heavy atom. The maximum atomic E-state index is 10.5. The number of carboxylic acid groups (broad SMARTS) is 1. The number of thiocarbonyl (C=S) groups is 1. The Labute approximate surface area is 121 Å². The molecular formula is C14H13N2O3S-. The van der Waals surface area contributed by atoms with E-state index in [9.17, 15) is 9.90 Å². The maximum absolute atomic E-state index is 10.5. The van der Waals surface area contributed by atoms with Gasteiger partial charge in [-0.05, 0) is 42.0 Å². The summed E-state index contributed by atoms with van der Waals surface area (Å²) in [5.74, 6) is -0.306. The minimum Gasteiger partial charge on any atom is -0.550 e. The summed E-state index contributed by atoms with van der Waals surface area (Å²) in [5, 5.41) is 16.9. The average Bonchev–Trinajstić information content (AvgIpc) is 2.91. The van der Waals surface area contributed by atoms with E-state index in [1.54, 1.807) is 30.5 Å². The molecule has 1 aromatic carbocycles. The minimum absolute atomic E-state index is 0.0958. The third-order valence-corrected chi connectivity index (χ3v) is 2.81. The van der Waals surface area contributed by atoms with Crippen molar-refractivity contribution >= 4 is 29.0 Å². The van der Waals surface area contributed by atoms with E-state index in [0.29, 0.717) is 17.2 Å². The summed E-state index contributed by atoms with van der Waals surface area (Å²) in [6, 6.07) is 10.6. The molecule has 2 aromatic rings. The summed E-state index contributed by atoms with van der Waals surface area (Å²) in [6.07, 6.45) is 1.50. The molecule has 0 saturated heterocycles. The summed E-state index contributed by atoms with van der Waals surface area (Å²) in [6.45, 7) is 0.502. The molecule has 1 aromatic heterocycles. The van der Waals surface area contributed by atoms with Gasteiger partial charge in [0.15, 0.2) is 5.11 Å². The maximum Gasteiger partial charge on any atom is 0.171 e. The topological polar surface area (TPSA) is 77.3 Å². The number of carbonyl (C=O) groups is 1. The molecular weight excluding hydrogens is 276 g/mol. The van der Waals surface area contributed by atoms with Crippen LogP contribution < -0.4 is 15.7 Å². The molecule has 1 heterocycles. The van der Waals surface area contributed by atoms with E-state index >= 15 is 0 Å². The zero-order valence-corrected chi connectivity index (χ0v) is 11.4. The molecule has 0 aliphatic carbocycles. The highest BCUT2D eigenvalue weighted by Gasteiger charge is 2.00. The lowest BCUT2D eigenvalue weighted by Crippen LogP contribution is -2.27. The highest BCUT2D eigenvalue weighted by atomic mass is 32.1. The fourth-order valence-corrected chi connectivity index (χ4v) is 1.82. The molecule has 0 atom stereocenters. The second-order valence-corrected chi connectivity index (χ2v) is 4.54. The Hall–Kier alpha value is -2.34. The minimum atomic E-state index is -1.10. The van der Waals surface area contributed by atoms with Gasteiger partial charge in [0.2, 0.25) is 0 Å². The number of hydrogen-bond donors (Lipinski definition) is 2. The van der Waals surface area contributed by atoms with E-state index in [-0.39, 0.29) is 6.42 Å². The zero-order valence-electron chi connectivity index (χ0n) is 10.6. The number of aliphatic carboxylic acids is 1. The van der Waals surface area contributed by atoms with E-state index in [1.807, 2.05) is 12.1 Å². The number of carboxylic acids is 1. The van der Waals surface area contributed by atoms with Gasteiger partial charge in [-0.1, -0.05) is 12.1 Å². The summed E-state index contributed by atoms with van der Waals surface area (Å²) in [7, 11) is 0. The van der Waals surface area contributed by atoms with Crippen LogP contribution in [0.15, 0.2) is 47.1 Å². The molecule has 0 bridgehead atoms. The van der Waals surface area contributed by atoms with E-state index in [0.717, 1.165) is 11.4 Å². The number of benzene rings is 1. The molecule has 0 spiro atoms. The van der Waals surface area contributed by atoms with Crippen molar-refractivity contribution in [3.8, 4) is 0 Å². The first-order valence-electron chi connectivity index (χ1n) is 5.99. The molecule has 0 fully saturated rings. The smallest absolute Gasteiger partial charge is 0.171 e. The molecule has 5 nitrogen and oxygen atoms in total. The molecule has 0 saturated carbocycles. The van der Waals surface area contributed by atoms with Gasteiger partial charge in [0.25, 0.3) is 0 Å². The monoisotopic (exact) mass is 289 g/mol. The predicted octanol–water partition coefficient (Wildman–Crippen LogP) is 1.06. The van der Waals surface area contributed by atoms with Gasteiger partial charge in [-0.3, -0.25) is 0 Å². The van der Waals surface area contributed by atoms with E-state index in [2.05, 4.69) is 10.6 Å². The van der Waals surface area contributed by atoms with Gasteiger partial charge in [0.1, 0.15) is 5.76 Å². The Morgan fingerprint density at radius 3 is 2.60 bits per heavy atom. The van der Waals surface area contributed by atoms with Crippen molar-refractivity contribution in [3.63, 3.8) is 0 Å². The van der Waals surface area contributed by atoms with Gasteiger partial charge in [-0.25, -0.2) is 0 Å². The largest absolute Gasteiger partial charge is 0.550 e. The average molecular weight is 289 g/mol. The zero-order chi connectivity index (χ0) is 14.4. The Morgan fingerprint density at radius 1 is 1.25 bits per heavy atom. The molecule has 0 unspecified atom stereocenters. The van der Waals surface area contributed by atoms with Crippen LogP contribution >= 0.6 is 12.2 Å². The molecule has 104 valence electrons. The number of furan rings is 1. The standard InChI is InChI=1S/C14H14N2O3S/c17-13(18)8-10-3-5-11(6-4-10)16-14(20)15-9-12-2-1-7-19-12/h1-7H,8-9H2,(H,17,18)(H2,15,16,20)/p-1. The van der Waals surface area contributed by atoms with Crippen LogP contribution in [-0.4, -0.2) is 11.1 Å². The molecule has 2 rings (SSSR count). The molecule has 20 heavy (non-hydrogen) atoms. The lowest BCUT2D eigenvalue weighted by molar-refractivity contribution is -0.304. The predicted molar refractivity (Wildman–Crippen MR) is 76.9 cm³/mol. The first kappa shape index (κ1) is 14.1. The van der Waals surface area contributed by atoms with Gasteiger partial charge >= 0.3 is 0 Å². The summed E-state index contributed by atoms with van der Waals surface area (Å²) >= 11 is 5.14. The van der Waals surface area contributed by atoms with Crippen molar-refractivity contribution in [2.75, 3.05) is 5.32 Å². The third kappa shape index (κ3) is 4.40. The van der Waals surface area contributed by atoms with Crippen LogP contribution in [-0.2, 0) is 17.8 Å². The van der Waals surface area contributed by atoms with E-state index in [4.69, 9.17) is 16.6 Å². The van der Waals surface area contributed by atoms with Crippen molar-refractivity contribution in [1.29, 1.82) is 0 Å².